The van der Waals surface area contributed by atoms with Gasteiger partial charge in [0, 0.05) is 16.0 Å². The van der Waals surface area contributed by atoms with Gasteiger partial charge in [-0.15, -0.1) is 11.3 Å². The fourth-order valence-corrected chi connectivity index (χ4v) is 3.74. The predicted octanol–water partition coefficient (Wildman–Crippen LogP) is 6.68. The molecular weight excluding hydrogens is 360 g/mol. The number of allylic oxidation sites excluding steroid dienone is 1. The van der Waals surface area contributed by atoms with Crippen LogP contribution in [-0.2, 0) is 0 Å². The molecule has 1 aromatic heterocycles. The van der Waals surface area contributed by atoms with E-state index >= 15 is 0 Å². The van der Waals surface area contributed by atoms with Gasteiger partial charge in [-0.05, 0) is 34.5 Å². The van der Waals surface area contributed by atoms with Gasteiger partial charge in [0.25, 0.3) is 0 Å². The SMILES string of the molecule is N#C/C(=C/c1cccc2ccccc12)c1nc(-c2ccc(Cl)cc2)cs1. The molecule has 0 amide bonds. The van der Waals surface area contributed by atoms with E-state index in [2.05, 4.69) is 29.3 Å². The third-order valence-electron chi connectivity index (χ3n) is 4.12. The van der Waals surface area contributed by atoms with E-state index in [1.165, 1.54) is 11.3 Å². The summed E-state index contributed by atoms with van der Waals surface area (Å²) in [6.07, 6.45) is 1.91. The van der Waals surface area contributed by atoms with E-state index < -0.39 is 0 Å². The summed E-state index contributed by atoms with van der Waals surface area (Å²) in [5.74, 6) is 0. The molecule has 4 heteroatoms. The Morgan fingerprint density at radius 2 is 1.77 bits per heavy atom. The molecule has 1 heterocycles. The van der Waals surface area contributed by atoms with Gasteiger partial charge in [-0.2, -0.15) is 5.26 Å². The fourth-order valence-electron chi connectivity index (χ4n) is 2.82. The molecule has 0 unspecified atom stereocenters. The number of rotatable bonds is 3. The summed E-state index contributed by atoms with van der Waals surface area (Å²) in [7, 11) is 0. The van der Waals surface area contributed by atoms with Crippen molar-refractivity contribution in [2.75, 3.05) is 0 Å². The molecule has 0 bridgehead atoms. The minimum Gasteiger partial charge on any atom is -0.235 e. The van der Waals surface area contributed by atoms with Gasteiger partial charge < -0.3 is 0 Å². The van der Waals surface area contributed by atoms with Gasteiger partial charge in [-0.25, -0.2) is 4.98 Å². The summed E-state index contributed by atoms with van der Waals surface area (Å²) in [5, 5.41) is 15.3. The van der Waals surface area contributed by atoms with Crippen molar-refractivity contribution in [3.63, 3.8) is 0 Å². The van der Waals surface area contributed by atoms with E-state index in [1.54, 1.807) is 0 Å². The topological polar surface area (TPSA) is 36.7 Å². The Bertz CT molecular complexity index is 1150. The first kappa shape index (κ1) is 16.5. The Hall–Kier alpha value is -2.93. The van der Waals surface area contributed by atoms with Crippen LogP contribution in [0.1, 0.15) is 10.6 Å². The van der Waals surface area contributed by atoms with Crippen molar-refractivity contribution in [2.45, 2.75) is 0 Å². The number of hydrogen-bond acceptors (Lipinski definition) is 3. The van der Waals surface area contributed by atoms with E-state index in [-0.39, 0.29) is 0 Å². The third-order valence-corrected chi connectivity index (χ3v) is 5.25. The van der Waals surface area contributed by atoms with Gasteiger partial charge in [0.2, 0.25) is 0 Å². The maximum Gasteiger partial charge on any atom is 0.134 e. The normalized spacial score (nSPS) is 11.5. The second-order valence-corrected chi connectivity index (χ2v) is 7.08. The zero-order chi connectivity index (χ0) is 17.9. The quantitative estimate of drug-likeness (QED) is 0.376. The molecule has 4 rings (SSSR count). The summed E-state index contributed by atoms with van der Waals surface area (Å²) < 4.78 is 0. The smallest absolute Gasteiger partial charge is 0.134 e. The van der Waals surface area contributed by atoms with Crippen LogP contribution in [0.15, 0.2) is 72.1 Å². The lowest BCUT2D eigenvalue weighted by molar-refractivity contribution is 1.37. The summed E-state index contributed by atoms with van der Waals surface area (Å²) in [5.41, 5.74) is 3.41. The first-order valence-electron chi connectivity index (χ1n) is 8.06. The highest BCUT2D eigenvalue weighted by molar-refractivity contribution is 7.11. The van der Waals surface area contributed by atoms with Crippen molar-refractivity contribution in [3.8, 4) is 17.3 Å². The summed E-state index contributed by atoms with van der Waals surface area (Å²) in [4.78, 5) is 4.64. The monoisotopic (exact) mass is 372 g/mol. The van der Waals surface area contributed by atoms with E-state index in [0.29, 0.717) is 15.6 Å². The number of fused-ring (bicyclic) bond motifs is 1. The van der Waals surface area contributed by atoms with Crippen molar-refractivity contribution < 1.29 is 0 Å². The Labute approximate surface area is 160 Å². The molecule has 0 fully saturated rings. The Morgan fingerprint density at radius 3 is 2.58 bits per heavy atom. The van der Waals surface area contributed by atoms with Crippen LogP contribution in [0.25, 0.3) is 33.7 Å². The number of nitriles is 1. The van der Waals surface area contributed by atoms with Crippen molar-refractivity contribution in [1.29, 1.82) is 5.26 Å². The van der Waals surface area contributed by atoms with Gasteiger partial charge in [0.15, 0.2) is 0 Å². The number of halogens is 1. The lowest BCUT2D eigenvalue weighted by Gasteiger charge is -2.02. The van der Waals surface area contributed by atoms with Crippen LogP contribution in [-0.4, -0.2) is 4.98 Å². The second kappa shape index (κ2) is 7.13. The van der Waals surface area contributed by atoms with Crippen LogP contribution in [0.3, 0.4) is 0 Å². The minimum absolute atomic E-state index is 0.562. The lowest BCUT2D eigenvalue weighted by Crippen LogP contribution is -1.84. The first-order valence-corrected chi connectivity index (χ1v) is 9.32. The molecule has 0 saturated carbocycles. The van der Waals surface area contributed by atoms with Gasteiger partial charge in [-0.1, -0.05) is 66.2 Å². The molecule has 124 valence electrons. The van der Waals surface area contributed by atoms with Crippen molar-refractivity contribution >= 4 is 45.4 Å². The van der Waals surface area contributed by atoms with Crippen LogP contribution >= 0.6 is 22.9 Å². The molecule has 0 aliphatic heterocycles. The second-order valence-electron chi connectivity index (χ2n) is 5.78. The van der Waals surface area contributed by atoms with Crippen LogP contribution in [0.4, 0.5) is 0 Å². The largest absolute Gasteiger partial charge is 0.235 e. The van der Waals surface area contributed by atoms with E-state index in [4.69, 9.17) is 11.6 Å². The van der Waals surface area contributed by atoms with Gasteiger partial charge in [0.1, 0.15) is 11.1 Å². The molecule has 26 heavy (non-hydrogen) atoms. The molecule has 0 aliphatic rings. The highest BCUT2D eigenvalue weighted by Crippen LogP contribution is 2.29. The Balaban J connectivity index is 1.75. The molecule has 0 N–H and O–H groups in total. The van der Waals surface area contributed by atoms with Crippen LogP contribution < -0.4 is 0 Å². The van der Waals surface area contributed by atoms with Crippen molar-refractivity contribution in [1.82, 2.24) is 4.98 Å². The zero-order valence-electron chi connectivity index (χ0n) is 13.7. The molecule has 2 nitrogen and oxygen atoms in total. The fraction of sp³-hybridized carbons (Fsp3) is 0. The van der Waals surface area contributed by atoms with Gasteiger partial charge >= 0.3 is 0 Å². The first-order chi connectivity index (χ1) is 12.7. The molecular formula is C22H13ClN2S. The number of aromatic nitrogens is 1. The molecule has 0 atom stereocenters. The van der Waals surface area contributed by atoms with E-state index in [9.17, 15) is 5.26 Å². The number of thiazole rings is 1. The molecule has 0 saturated heterocycles. The van der Waals surface area contributed by atoms with Crippen LogP contribution in [0.2, 0.25) is 5.02 Å². The Kier molecular flexibility index (Phi) is 4.53. The number of nitrogens with zero attached hydrogens (tertiary/aromatic N) is 2. The van der Waals surface area contributed by atoms with E-state index in [1.807, 2.05) is 60.0 Å². The summed E-state index contributed by atoms with van der Waals surface area (Å²) >= 11 is 7.42. The molecule has 4 aromatic rings. The number of benzene rings is 3. The average Bonchev–Trinajstić information content (AvgIpc) is 3.16. The standard InChI is InChI=1S/C22H13ClN2S/c23-19-10-8-16(9-11-19)21-14-26-22(25-21)18(13-24)12-17-6-3-5-15-4-1-2-7-20(15)17/h1-12,14H/b18-12-. The average molecular weight is 373 g/mol. The zero-order valence-corrected chi connectivity index (χ0v) is 15.3. The van der Waals surface area contributed by atoms with E-state index in [0.717, 1.165) is 27.6 Å². The highest BCUT2D eigenvalue weighted by Gasteiger charge is 2.10. The molecule has 0 aliphatic carbocycles. The van der Waals surface area contributed by atoms with Crippen molar-refractivity contribution in [3.05, 3.63) is 87.7 Å². The van der Waals surface area contributed by atoms with Crippen LogP contribution in [0, 0.1) is 11.3 Å². The summed E-state index contributed by atoms with van der Waals surface area (Å²) in [6, 6.07) is 24.1. The summed E-state index contributed by atoms with van der Waals surface area (Å²) in [6.45, 7) is 0. The maximum absolute atomic E-state index is 9.66. The Morgan fingerprint density at radius 1 is 1.00 bits per heavy atom. The number of hydrogen-bond donors (Lipinski definition) is 0. The molecule has 3 aromatic carbocycles. The lowest BCUT2D eigenvalue weighted by atomic mass is 10.0. The predicted molar refractivity (Wildman–Crippen MR) is 110 cm³/mol. The third kappa shape index (κ3) is 3.25. The van der Waals surface area contributed by atoms with Gasteiger partial charge in [-0.3, -0.25) is 0 Å². The highest BCUT2D eigenvalue weighted by atomic mass is 35.5. The molecule has 0 radical (unpaired) electrons. The van der Waals surface area contributed by atoms with Crippen molar-refractivity contribution in [2.24, 2.45) is 0 Å². The van der Waals surface area contributed by atoms with Gasteiger partial charge in [0.05, 0.1) is 11.3 Å². The maximum atomic E-state index is 9.66. The van der Waals surface area contributed by atoms with Crippen LogP contribution in [0.5, 0.6) is 0 Å². The molecule has 0 spiro atoms. The minimum atomic E-state index is 0.562.